The molecule has 0 fully saturated rings. The van der Waals surface area contributed by atoms with Gasteiger partial charge < -0.3 is 0 Å². The van der Waals surface area contributed by atoms with Gasteiger partial charge in [-0.15, -0.1) is 11.1 Å². The lowest BCUT2D eigenvalue weighted by atomic mass is 10.2. The van der Waals surface area contributed by atoms with Crippen molar-refractivity contribution in [1.82, 2.24) is 0 Å². The van der Waals surface area contributed by atoms with Gasteiger partial charge in [0.25, 0.3) is 5.55 Å². The van der Waals surface area contributed by atoms with E-state index in [0.29, 0.717) is 6.42 Å². The molecule has 0 amide bonds. The highest BCUT2D eigenvalue weighted by Crippen LogP contribution is 2.51. The normalized spacial score (nSPS) is 16.2. The molecule has 1 aromatic rings. The summed E-state index contributed by atoms with van der Waals surface area (Å²) in [6.45, 7) is 1.64. The second kappa shape index (κ2) is 5.79. The Labute approximate surface area is 114 Å². The monoisotopic (exact) mass is 316 g/mol. The average molecular weight is 317 g/mol. The second-order valence-electron chi connectivity index (χ2n) is 4.34. The lowest BCUT2D eigenvalue weighted by molar-refractivity contribution is -0.0736. The van der Waals surface area contributed by atoms with Crippen LogP contribution in [0.4, 0.5) is 22.0 Å². The van der Waals surface area contributed by atoms with Gasteiger partial charge in [0.05, 0.1) is 0 Å². The molecule has 0 heterocycles. The van der Waals surface area contributed by atoms with Gasteiger partial charge in [-0.3, -0.25) is 0 Å². The minimum absolute atomic E-state index is 0.0393. The van der Waals surface area contributed by atoms with Gasteiger partial charge in [0.15, 0.2) is 0 Å². The Balaban J connectivity index is 3.24. The molecule has 1 rings (SSSR count). The van der Waals surface area contributed by atoms with E-state index >= 15 is 0 Å². The van der Waals surface area contributed by atoms with Crippen LogP contribution in [0.2, 0.25) is 6.04 Å². The van der Waals surface area contributed by atoms with Crippen molar-refractivity contribution in [3.05, 3.63) is 35.9 Å². The number of rotatable bonds is 5. The van der Waals surface area contributed by atoms with Gasteiger partial charge in [-0.2, -0.15) is 13.2 Å². The lowest BCUT2D eigenvalue weighted by Gasteiger charge is -2.34. The first-order chi connectivity index (χ1) is 8.67. The summed E-state index contributed by atoms with van der Waals surface area (Å²) in [6, 6.07) is 5.33. The molecule has 0 nitrogen and oxygen atoms in total. The third kappa shape index (κ3) is 3.10. The Morgan fingerprint density at radius 3 is 2.00 bits per heavy atom. The van der Waals surface area contributed by atoms with Crippen LogP contribution < -0.4 is 0 Å². The van der Waals surface area contributed by atoms with Crippen LogP contribution in [-0.4, -0.2) is 13.2 Å². The van der Waals surface area contributed by atoms with Crippen molar-refractivity contribution >= 4 is 18.5 Å². The molecule has 0 saturated carbocycles. The molecule has 0 aromatic heterocycles. The Morgan fingerprint density at radius 2 is 1.58 bits per heavy atom. The molecule has 19 heavy (non-hydrogen) atoms. The van der Waals surface area contributed by atoms with Gasteiger partial charge in [-0.05, 0) is 6.04 Å². The van der Waals surface area contributed by atoms with Crippen molar-refractivity contribution in [2.24, 2.45) is 0 Å². The van der Waals surface area contributed by atoms with Crippen molar-refractivity contribution in [2.75, 3.05) is 0 Å². The standard InChI is InChI=1S/C12H14ClF5Si/c1-2-3-9-19(13,12(16,17)18)11(14,15)10-7-5-4-6-8-10/h4-8H,2-3,9H2,1H3. The third-order valence-corrected chi connectivity index (χ3v) is 8.11. The fourth-order valence-electron chi connectivity index (χ4n) is 1.77. The summed E-state index contributed by atoms with van der Waals surface area (Å²) in [4.78, 5) is 0. The smallest absolute Gasteiger partial charge is 0.204 e. The van der Waals surface area contributed by atoms with Crippen LogP contribution in [0.25, 0.3) is 0 Å². The zero-order valence-electron chi connectivity index (χ0n) is 10.3. The highest BCUT2D eigenvalue weighted by atomic mass is 35.6. The molecule has 0 N–H and O–H groups in total. The molecule has 108 valence electrons. The summed E-state index contributed by atoms with van der Waals surface area (Å²) >= 11 is 5.48. The molecule has 0 spiro atoms. The molecule has 1 atom stereocenters. The Bertz CT molecular complexity index is 406. The predicted molar refractivity (Wildman–Crippen MR) is 67.7 cm³/mol. The number of unbranched alkanes of at least 4 members (excludes halogenated alkanes) is 1. The van der Waals surface area contributed by atoms with Crippen molar-refractivity contribution in [2.45, 2.75) is 37.2 Å². The minimum atomic E-state index is -5.30. The van der Waals surface area contributed by atoms with Crippen LogP contribution in [0.1, 0.15) is 25.3 Å². The van der Waals surface area contributed by atoms with E-state index in [1.807, 2.05) is 0 Å². The van der Waals surface area contributed by atoms with Crippen molar-refractivity contribution in [1.29, 1.82) is 0 Å². The molecular formula is C12H14ClF5Si. The van der Waals surface area contributed by atoms with Crippen LogP contribution in [0, 0.1) is 0 Å². The zero-order valence-corrected chi connectivity index (χ0v) is 12.0. The van der Waals surface area contributed by atoms with Crippen molar-refractivity contribution in [3.8, 4) is 0 Å². The molecule has 0 aliphatic rings. The molecule has 0 bridgehead atoms. The maximum absolute atomic E-state index is 14.2. The average Bonchev–Trinajstić information content (AvgIpc) is 2.35. The van der Waals surface area contributed by atoms with Crippen LogP contribution in [0.15, 0.2) is 30.3 Å². The molecule has 0 saturated heterocycles. The van der Waals surface area contributed by atoms with E-state index in [-0.39, 0.29) is 6.42 Å². The summed E-state index contributed by atoms with van der Waals surface area (Å²) in [7, 11) is -5.30. The topological polar surface area (TPSA) is 0 Å². The van der Waals surface area contributed by atoms with E-state index < -0.39 is 30.3 Å². The number of halogens is 6. The Hall–Kier alpha value is -0.623. The summed E-state index contributed by atoms with van der Waals surface area (Å²) < 4.78 is 67.6. The fourth-order valence-corrected chi connectivity index (χ4v) is 4.92. The van der Waals surface area contributed by atoms with Crippen LogP contribution in [0.3, 0.4) is 0 Å². The van der Waals surface area contributed by atoms with Crippen molar-refractivity contribution in [3.63, 3.8) is 0 Å². The van der Waals surface area contributed by atoms with Crippen LogP contribution in [0.5, 0.6) is 0 Å². The van der Waals surface area contributed by atoms with E-state index in [2.05, 4.69) is 0 Å². The van der Waals surface area contributed by atoms with Gasteiger partial charge in [0.1, 0.15) is 0 Å². The fraction of sp³-hybridized carbons (Fsp3) is 0.500. The molecule has 0 aliphatic heterocycles. The first kappa shape index (κ1) is 16.4. The zero-order chi connectivity index (χ0) is 14.7. The van der Waals surface area contributed by atoms with Crippen molar-refractivity contribution < 1.29 is 22.0 Å². The lowest BCUT2D eigenvalue weighted by Crippen LogP contribution is -2.58. The van der Waals surface area contributed by atoms with Gasteiger partial charge in [0, 0.05) is 5.56 Å². The summed E-state index contributed by atoms with van der Waals surface area (Å²) in [6.07, 6.45) is 0.431. The maximum atomic E-state index is 14.2. The van der Waals surface area contributed by atoms with E-state index in [1.165, 1.54) is 18.2 Å². The first-order valence-electron chi connectivity index (χ1n) is 5.86. The molecule has 1 aromatic carbocycles. The first-order valence-corrected chi connectivity index (χ1v) is 9.07. The van der Waals surface area contributed by atoms with Gasteiger partial charge in [0.2, 0.25) is 0 Å². The van der Waals surface area contributed by atoms with Crippen LogP contribution >= 0.6 is 11.1 Å². The number of alkyl halides is 5. The van der Waals surface area contributed by atoms with E-state index in [0.717, 1.165) is 12.1 Å². The summed E-state index contributed by atoms with van der Waals surface area (Å²) in [5.41, 5.74) is -4.70. The molecule has 7 heteroatoms. The van der Waals surface area contributed by atoms with E-state index in [9.17, 15) is 22.0 Å². The highest BCUT2D eigenvalue weighted by molar-refractivity contribution is 7.22. The predicted octanol–water partition coefficient (Wildman–Crippen LogP) is 5.40. The quantitative estimate of drug-likeness (QED) is 0.387. The second-order valence-corrected chi connectivity index (χ2v) is 9.58. The Morgan fingerprint density at radius 1 is 1.05 bits per heavy atom. The molecule has 0 radical (unpaired) electrons. The van der Waals surface area contributed by atoms with Gasteiger partial charge in [-0.1, -0.05) is 50.1 Å². The number of hydrogen-bond acceptors (Lipinski definition) is 0. The molecule has 0 aliphatic carbocycles. The van der Waals surface area contributed by atoms with Gasteiger partial charge >= 0.3 is 13.2 Å². The number of hydrogen-bond donors (Lipinski definition) is 0. The Kier molecular flexibility index (Phi) is 5.01. The number of benzene rings is 1. The summed E-state index contributed by atoms with van der Waals surface area (Å²) in [5, 5.41) is 0. The van der Waals surface area contributed by atoms with Gasteiger partial charge in [-0.25, -0.2) is 8.78 Å². The third-order valence-electron chi connectivity index (χ3n) is 2.96. The van der Waals surface area contributed by atoms with Crippen LogP contribution in [-0.2, 0) is 5.55 Å². The maximum Gasteiger partial charge on any atom is 0.384 e. The highest BCUT2D eigenvalue weighted by Gasteiger charge is 2.71. The molecule has 1 unspecified atom stereocenters. The SMILES string of the molecule is CCCC[Si](Cl)(C(F)(F)F)C(F)(F)c1ccccc1. The van der Waals surface area contributed by atoms with E-state index in [4.69, 9.17) is 11.1 Å². The largest absolute Gasteiger partial charge is 0.384 e. The summed E-state index contributed by atoms with van der Waals surface area (Å²) in [5.74, 6) is -5.05. The minimum Gasteiger partial charge on any atom is -0.204 e. The molecular weight excluding hydrogens is 303 g/mol. The van der Waals surface area contributed by atoms with E-state index in [1.54, 1.807) is 6.92 Å².